The number of urea groups is 1. The topological polar surface area (TPSA) is 82.1 Å². The summed E-state index contributed by atoms with van der Waals surface area (Å²) in [5, 5.41) is 16.4. The number of aryl methyl sites for hydroxylation is 1. The van der Waals surface area contributed by atoms with Gasteiger partial charge in [0, 0.05) is 73.1 Å². The van der Waals surface area contributed by atoms with Crippen LogP contribution in [-0.2, 0) is 26.6 Å². The van der Waals surface area contributed by atoms with Gasteiger partial charge in [0.15, 0.2) is 0 Å². The largest absolute Gasteiger partial charge is 0.334 e. The first-order valence-electron chi connectivity index (χ1n) is 12.6. The number of nitrogens with one attached hydrogen (secondary N) is 2. The van der Waals surface area contributed by atoms with Crippen LogP contribution in [0.15, 0.2) is 42.6 Å². The van der Waals surface area contributed by atoms with Crippen molar-refractivity contribution in [3.05, 3.63) is 71.1 Å². The number of nitrogens with zero attached hydrogens (tertiary/aromatic N) is 5. The van der Waals surface area contributed by atoms with Crippen molar-refractivity contribution in [3.8, 4) is 11.3 Å². The lowest BCUT2D eigenvalue weighted by Gasteiger charge is -2.35. The van der Waals surface area contributed by atoms with E-state index in [0.29, 0.717) is 26.1 Å². The van der Waals surface area contributed by atoms with E-state index in [1.807, 2.05) is 35.2 Å². The zero-order chi connectivity index (χ0) is 25.5. The molecule has 4 heterocycles. The molecule has 0 spiro atoms. The summed E-state index contributed by atoms with van der Waals surface area (Å²) in [6, 6.07) is 9.82. The monoisotopic (exact) mass is 505 g/mol. The van der Waals surface area contributed by atoms with E-state index in [-0.39, 0.29) is 24.2 Å². The van der Waals surface area contributed by atoms with Gasteiger partial charge in [-0.05, 0) is 43.7 Å². The molecule has 2 aromatic carbocycles. The Hall–Kier alpha value is -3.79. The van der Waals surface area contributed by atoms with Crippen molar-refractivity contribution < 1.29 is 13.6 Å². The van der Waals surface area contributed by atoms with Gasteiger partial charge in [-0.1, -0.05) is 12.1 Å². The molecule has 2 aromatic heterocycles. The number of hydrogen-bond acceptors (Lipinski definition) is 4. The highest BCUT2D eigenvalue weighted by molar-refractivity contribution is 5.84. The molecule has 0 aliphatic carbocycles. The molecule has 2 aliphatic rings. The number of likely N-dealkylation sites (tertiary alicyclic amines) is 1. The van der Waals surface area contributed by atoms with Gasteiger partial charge < -0.3 is 10.2 Å². The second-order valence-corrected chi connectivity index (χ2v) is 10.0. The van der Waals surface area contributed by atoms with E-state index in [1.165, 1.54) is 18.2 Å². The third-order valence-electron chi connectivity index (χ3n) is 7.39. The van der Waals surface area contributed by atoms with Gasteiger partial charge in [0.1, 0.15) is 11.6 Å². The Kier molecular flexibility index (Phi) is 6.11. The zero-order valence-electron chi connectivity index (χ0n) is 20.7. The minimum Gasteiger partial charge on any atom is -0.334 e. The van der Waals surface area contributed by atoms with Gasteiger partial charge in [0.05, 0.1) is 17.8 Å². The summed E-state index contributed by atoms with van der Waals surface area (Å²) in [7, 11) is 1.90. The Morgan fingerprint density at radius 2 is 2.03 bits per heavy atom. The Balaban J connectivity index is 1.13. The van der Waals surface area contributed by atoms with Crippen LogP contribution in [0.5, 0.6) is 0 Å². The normalized spacial score (nSPS) is 18.2. The molecule has 37 heavy (non-hydrogen) atoms. The number of rotatable bonds is 4. The molecular weight excluding hydrogens is 476 g/mol. The van der Waals surface area contributed by atoms with Crippen LogP contribution < -0.4 is 5.32 Å². The van der Waals surface area contributed by atoms with Crippen molar-refractivity contribution in [2.75, 3.05) is 19.6 Å². The van der Waals surface area contributed by atoms with Crippen molar-refractivity contribution in [2.24, 2.45) is 7.05 Å². The summed E-state index contributed by atoms with van der Waals surface area (Å²) >= 11 is 0. The molecule has 6 rings (SSSR count). The third kappa shape index (κ3) is 4.69. The van der Waals surface area contributed by atoms with Crippen LogP contribution in [0.2, 0.25) is 0 Å². The number of benzene rings is 2. The van der Waals surface area contributed by atoms with Gasteiger partial charge in [-0.3, -0.25) is 14.7 Å². The van der Waals surface area contributed by atoms with Gasteiger partial charge in [-0.2, -0.15) is 10.2 Å². The van der Waals surface area contributed by atoms with Crippen LogP contribution in [0.25, 0.3) is 22.2 Å². The lowest BCUT2D eigenvalue weighted by molar-refractivity contribution is 0.158. The SMILES string of the molecule is Cn1cc2cc(-c3n[nH]c4c3CN(C(=O)N[C@@H]3CCCN(Cc5c(F)cccc5F)C3)CC4)ccc2n1. The molecule has 192 valence electrons. The first-order chi connectivity index (χ1) is 17.9. The van der Waals surface area contributed by atoms with Gasteiger partial charge in [-0.25, -0.2) is 13.6 Å². The Morgan fingerprint density at radius 3 is 2.86 bits per heavy atom. The second-order valence-electron chi connectivity index (χ2n) is 10.0. The molecule has 0 saturated carbocycles. The summed E-state index contributed by atoms with van der Waals surface area (Å²) < 4.78 is 30.0. The van der Waals surface area contributed by atoms with Crippen molar-refractivity contribution in [2.45, 2.75) is 38.4 Å². The zero-order valence-corrected chi connectivity index (χ0v) is 20.7. The van der Waals surface area contributed by atoms with Gasteiger partial charge in [-0.15, -0.1) is 0 Å². The highest BCUT2D eigenvalue weighted by atomic mass is 19.1. The molecular formula is C27H29F2N7O. The Morgan fingerprint density at radius 1 is 1.19 bits per heavy atom. The van der Waals surface area contributed by atoms with E-state index in [1.54, 1.807) is 4.68 Å². The predicted molar refractivity (Wildman–Crippen MR) is 136 cm³/mol. The summed E-state index contributed by atoms with van der Waals surface area (Å²) in [4.78, 5) is 17.1. The highest BCUT2D eigenvalue weighted by Gasteiger charge is 2.29. The van der Waals surface area contributed by atoms with E-state index >= 15 is 0 Å². The smallest absolute Gasteiger partial charge is 0.317 e. The predicted octanol–water partition coefficient (Wildman–Crippen LogP) is 3.97. The molecule has 0 radical (unpaired) electrons. The van der Waals surface area contributed by atoms with E-state index in [9.17, 15) is 13.6 Å². The number of aromatic amines is 1. The lowest BCUT2D eigenvalue weighted by atomic mass is 10.0. The van der Waals surface area contributed by atoms with Crippen LogP contribution >= 0.6 is 0 Å². The van der Waals surface area contributed by atoms with Gasteiger partial charge in [0.25, 0.3) is 0 Å². The fourth-order valence-corrected chi connectivity index (χ4v) is 5.49. The lowest BCUT2D eigenvalue weighted by Crippen LogP contribution is -2.52. The number of carbonyl (C=O) groups is 1. The van der Waals surface area contributed by atoms with E-state index < -0.39 is 11.6 Å². The van der Waals surface area contributed by atoms with Crippen molar-refractivity contribution >= 4 is 16.9 Å². The number of amides is 2. The number of aromatic nitrogens is 4. The molecule has 1 saturated heterocycles. The third-order valence-corrected chi connectivity index (χ3v) is 7.39. The number of piperidine rings is 1. The average Bonchev–Trinajstić information content (AvgIpc) is 3.48. The number of carbonyl (C=O) groups excluding carboxylic acids is 1. The van der Waals surface area contributed by atoms with Gasteiger partial charge in [0.2, 0.25) is 0 Å². The molecule has 2 N–H and O–H groups in total. The van der Waals surface area contributed by atoms with Crippen molar-refractivity contribution in [3.63, 3.8) is 0 Å². The molecule has 1 atom stereocenters. The summed E-state index contributed by atoms with van der Waals surface area (Å²) in [5.74, 6) is -1.07. The van der Waals surface area contributed by atoms with Crippen LogP contribution in [0, 0.1) is 11.6 Å². The average molecular weight is 506 g/mol. The maximum absolute atomic E-state index is 14.1. The van der Waals surface area contributed by atoms with Crippen LogP contribution in [0.4, 0.5) is 13.6 Å². The molecule has 2 aliphatic heterocycles. The quantitative estimate of drug-likeness (QED) is 0.440. The first-order valence-corrected chi connectivity index (χ1v) is 12.6. The van der Waals surface area contributed by atoms with Crippen LogP contribution in [0.1, 0.15) is 29.7 Å². The minimum atomic E-state index is -0.533. The van der Waals surface area contributed by atoms with E-state index in [4.69, 9.17) is 0 Å². The maximum atomic E-state index is 14.1. The summed E-state index contributed by atoms with van der Waals surface area (Å²) in [6.45, 7) is 2.55. The molecule has 10 heteroatoms. The molecule has 0 bridgehead atoms. The summed E-state index contributed by atoms with van der Waals surface area (Å²) in [6.07, 6.45) is 4.37. The Bertz CT molecular complexity index is 1440. The molecule has 2 amide bonds. The van der Waals surface area contributed by atoms with Crippen LogP contribution in [0.3, 0.4) is 0 Å². The maximum Gasteiger partial charge on any atom is 0.317 e. The van der Waals surface area contributed by atoms with E-state index in [2.05, 4.69) is 26.7 Å². The highest BCUT2D eigenvalue weighted by Crippen LogP contribution is 2.30. The second kappa shape index (κ2) is 9.59. The number of hydrogen-bond donors (Lipinski definition) is 2. The standard InChI is InChI=1S/C27H29F2N7O/c1-34-13-18-12-17(7-8-24(18)33-34)26-21-16-36(11-9-25(21)31-32-26)27(37)30-19-4-3-10-35(14-19)15-20-22(28)5-2-6-23(20)29/h2,5-8,12-13,19H,3-4,9-11,14-16H2,1H3,(H,30,37)(H,31,32)/t19-/m1/s1. The number of H-pyrrole nitrogens is 1. The number of halogens is 2. The first kappa shape index (κ1) is 23.6. The van der Waals surface area contributed by atoms with Crippen molar-refractivity contribution in [1.82, 2.24) is 35.1 Å². The molecule has 0 unspecified atom stereocenters. The summed E-state index contributed by atoms with van der Waals surface area (Å²) in [5.41, 5.74) is 4.94. The number of fused-ring (bicyclic) bond motifs is 2. The van der Waals surface area contributed by atoms with Crippen LogP contribution in [-0.4, -0.2) is 61.5 Å². The molecule has 4 aromatic rings. The Labute approximate surface area is 213 Å². The van der Waals surface area contributed by atoms with Gasteiger partial charge >= 0.3 is 6.03 Å². The molecule has 1 fully saturated rings. The minimum absolute atomic E-state index is 0.0747. The van der Waals surface area contributed by atoms with E-state index in [0.717, 1.165) is 52.8 Å². The fraction of sp³-hybridized carbons (Fsp3) is 0.370. The molecule has 8 nitrogen and oxygen atoms in total. The fourth-order valence-electron chi connectivity index (χ4n) is 5.49. The van der Waals surface area contributed by atoms with Crippen molar-refractivity contribution in [1.29, 1.82) is 0 Å².